The smallest absolute Gasteiger partial charge is 0.271 e. The number of fused-ring (bicyclic) bond motifs is 1. The van der Waals surface area contributed by atoms with E-state index in [2.05, 4.69) is 15.2 Å². The van der Waals surface area contributed by atoms with Gasteiger partial charge < -0.3 is 14.8 Å². The molecular formula is C25H21F2N5O2S. The summed E-state index contributed by atoms with van der Waals surface area (Å²) < 4.78 is 28.7. The van der Waals surface area contributed by atoms with E-state index in [0.29, 0.717) is 36.1 Å². The summed E-state index contributed by atoms with van der Waals surface area (Å²) in [6.07, 6.45) is 1.78. The minimum Gasteiger partial charge on any atom is -0.345 e. The van der Waals surface area contributed by atoms with E-state index >= 15 is 0 Å². The Morgan fingerprint density at radius 3 is 2.57 bits per heavy atom. The van der Waals surface area contributed by atoms with Gasteiger partial charge in [0.05, 0.1) is 17.1 Å². The molecule has 0 bridgehead atoms. The highest BCUT2D eigenvalue weighted by molar-refractivity contribution is 7.07. The van der Waals surface area contributed by atoms with Gasteiger partial charge in [0.15, 0.2) is 11.6 Å². The average Bonchev–Trinajstić information content (AvgIpc) is 3.48. The fourth-order valence-electron chi connectivity index (χ4n) is 4.66. The molecule has 0 atom stereocenters. The number of carbonyl (C=O) groups excluding carboxylic acids is 2. The summed E-state index contributed by atoms with van der Waals surface area (Å²) in [4.78, 5) is 33.2. The minimum atomic E-state index is -0.904. The number of nitrogens with one attached hydrogen (secondary N) is 1. The second-order valence-electron chi connectivity index (χ2n) is 8.92. The van der Waals surface area contributed by atoms with Crippen molar-refractivity contribution in [2.45, 2.75) is 12.1 Å². The van der Waals surface area contributed by atoms with Crippen molar-refractivity contribution < 1.29 is 18.4 Å². The van der Waals surface area contributed by atoms with Gasteiger partial charge in [-0.05, 0) is 36.4 Å². The predicted octanol–water partition coefficient (Wildman–Crippen LogP) is 3.30. The predicted molar refractivity (Wildman–Crippen MR) is 128 cm³/mol. The second-order valence-corrected chi connectivity index (χ2v) is 9.64. The van der Waals surface area contributed by atoms with Gasteiger partial charge in [-0.2, -0.15) is 0 Å². The summed E-state index contributed by atoms with van der Waals surface area (Å²) >= 11 is 1.39. The van der Waals surface area contributed by atoms with Crippen molar-refractivity contribution >= 4 is 34.1 Å². The average molecular weight is 494 g/mol. The van der Waals surface area contributed by atoms with E-state index in [1.807, 2.05) is 23.1 Å². The molecule has 2 aliphatic heterocycles. The lowest BCUT2D eigenvalue weighted by molar-refractivity contribution is -0.00943. The van der Waals surface area contributed by atoms with Crippen LogP contribution in [0.25, 0.3) is 16.6 Å². The highest BCUT2D eigenvalue weighted by Gasteiger charge is 2.41. The standard InChI is InChI=1S/C25H21F2N5O2S/c26-20-3-2-18(8-21(20)27)32-6-5-15-7-16(1-4-23(15)32)25(34)31-11-19(12-31)30-9-17(10-30)29-24(33)22-13-35-14-28-22/h1-8,13-14,17,19H,9-12H2,(H,29,33). The molecule has 4 aromatic rings. The number of rotatable bonds is 5. The first-order valence-electron chi connectivity index (χ1n) is 11.2. The maximum Gasteiger partial charge on any atom is 0.271 e. The van der Waals surface area contributed by atoms with Crippen molar-refractivity contribution in [3.63, 3.8) is 0 Å². The van der Waals surface area contributed by atoms with Crippen LogP contribution in [0.4, 0.5) is 8.78 Å². The molecule has 2 aromatic heterocycles. The Labute approximate surface area is 203 Å². The summed E-state index contributed by atoms with van der Waals surface area (Å²) in [6.45, 7) is 2.84. The normalized spacial score (nSPS) is 16.8. The quantitative estimate of drug-likeness (QED) is 0.463. The lowest BCUT2D eigenvalue weighted by Crippen LogP contribution is -2.70. The van der Waals surface area contributed by atoms with Crippen molar-refractivity contribution in [1.82, 2.24) is 24.7 Å². The van der Waals surface area contributed by atoms with Crippen molar-refractivity contribution in [1.29, 1.82) is 0 Å². The van der Waals surface area contributed by atoms with Crippen LogP contribution in [0, 0.1) is 11.6 Å². The van der Waals surface area contributed by atoms with E-state index in [0.717, 1.165) is 36.1 Å². The Balaban J connectivity index is 1.05. The number of aromatic nitrogens is 2. The van der Waals surface area contributed by atoms with Crippen molar-refractivity contribution in [3.8, 4) is 5.69 Å². The molecule has 2 aliphatic rings. The zero-order valence-electron chi connectivity index (χ0n) is 18.5. The summed E-state index contributed by atoms with van der Waals surface area (Å²) in [6, 6.07) is 11.4. The van der Waals surface area contributed by atoms with E-state index in [1.54, 1.807) is 27.7 Å². The van der Waals surface area contributed by atoms with Gasteiger partial charge in [-0.25, -0.2) is 13.8 Å². The maximum absolute atomic E-state index is 13.7. The number of hydrogen-bond acceptors (Lipinski definition) is 5. The molecule has 0 saturated carbocycles. The van der Waals surface area contributed by atoms with Crippen LogP contribution in [0.5, 0.6) is 0 Å². The van der Waals surface area contributed by atoms with Gasteiger partial charge in [0.2, 0.25) is 0 Å². The summed E-state index contributed by atoms with van der Waals surface area (Å²) in [7, 11) is 0. The molecule has 2 fully saturated rings. The van der Waals surface area contributed by atoms with Gasteiger partial charge in [-0.3, -0.25) is 14.5 Å². The van der Waals surface area contributed by atoms with Crippen molar-refractivity contribution in [2.24, 2.45) is 0 Å². The first kappa shape index (κ1) is 21.9. The lowest BCUT2D eigenvalue weighted by Gasteiger charge is -2.51. The van der Waals surface area contributed by atoms with Crippen LogP contribution in [0.1, 0.15) is 20.8 Å². The van der Waals surface area contributed by atoms with Crippen LogP contribution in [-0.2, 0) is 0 Å². The van der Waals surface area contributed by atoms with Crippen molar-refractivity contribution in [2.75, 3.05) is 26.2 Å². The number of thiazole rings is 1. The molecule has 10 heteroatoms. The SMILES string of the molecule is O=C(NC1CN(C2CN(C(=O)c3ccc4c(ccn4-c4ccc(F)c(F)c4)c3)C2)C1)c1cscn1. The third-order valence-corrected chi connectivity index (χ3v) is 7.28. The number of benzene rings is 2. The topological polar surface area (TPSA) is 70.5 Å². The van der Waals surface area contributed by atoms with Crippen LogP contribution in [0.2, 0.25) is 0 Å². The summed E-state index contributed by atoms with van der Waals surface area (Å²) in [5.41, 5.74) is 4.00. The molecule has 178 valence electrons. The molecule has 0 unspecified atom stereocenters. The molecule has 4 heterocycles. The van der Waals surface area contributed by atoms with Gasteiger partial charge in [-0.15, -0.1) is 11.3 Å². The summed E-state index contributed by atoms with van der Waals surface area (Å²) in [5.74, 6) is -1.97. The zero-order valence-corrected chi connectivity index (χ0v) is 19.3. The molecule has 7 nitrogen and oxygen atoms in total. The van der Waals surface area contributed by atoms with Gasteiger partial charge >= 0.3 is 0 Å². The number of halogens is 2. The Morgan fingerprint density at radius 1 is 1.00 bits per heavy atom. The van der Waals surface area contributed by atoms with Crippen molar-refractivity contribution in [3.05, 3.63) is 82.4 Å². The van der Waals surface area contributed by atoms with Crippen LogP contribution < -0.4 is 5.32 Å². The third-order valence-electron chi connectivity index (χ3n) is 6.69. The molecule has 2 aromatic carbocycles. The fourth-order valence-corrected chi connectivity index (χ4v) is 5.19. The first-order chi connectivity index (χ1) is 17.0. The van der Waals surface area contributed by atoms with Crippen LogP contribution in [-0.4, -0.2) is 69.4 Å². The minimum absolute atomic E-state index is 0.0300. The number of likely N-dealkylation sites (tertiary alicyclic amines) is 2. The Bertz CT molecular complexity index is 1430. The van der Waals surface area contributed by atoms with Crippen LogP contribution >= 0.6 is 11.3 Å². The van der Waals surface area contributed by atoms with E-state index in [-0.39, 0.29) is 17.9 Å². The second kappa shape index (κ2) is 8.54. The molecule has 2 saturated heterocycles. The van der Waals surface area contributed by atoms with E-state index in [1.165, 1.54) is 17.4 Å². The number of amides is 2. The third kappa shape index (κ3) is 3.98. The van der Waals surface area contributed by atoms with Gasteiger partial charge in [-0.1, -0.05) is 0 Å². The molecule has 1 N–H and O–H groups in total. The highest BCUT2D eigenvalue weighted by Crippen LogP contribution is 2.26. The Kier molecular flexibility index (Phi) is 5.34. The number of carbonyl (C=O) groups is 2. The fraction of sp³-hybridized carbons (Fsp3) is 0.240. The number of nitrogens with zero attached hydrogens (tertiary/aromatic N) is 4. The van der Waals surface area contributed by atoms with E-state index in [9.17, 15) is 18.4 Å². The molecule has 6 rings (SSSR count). The monoisotopic (exact) mass is 493 g/mol. The highest BCUT2D eigenvalue weighted by atomic mass is 32.1. The molecule has 0 aliphatic carbocycles. The molecular weight excluding hydrogens is 472 g/mol. The molecule has 35 heavy (non-hydrogen) atoms. The zero-order chi connectivity index (χ0) is 24.1. The van der Waals surface area contributed by atoms with Gasteiger partial charge in [0.1, 0.15) is 5.69 Å². The largest absolute Gasteiger partial charge is 0.345 e. The molecule has 0 spiro atoms. The number of hydrogen-bond donors (Lipinski definition) is 1. The molecule has 2 amide bonds. The van der Waals surface area contributed by atoms with E-state index < -0.39 is 11.6 Å². The Morgan fingerprint density at radius 2 is 1.83 bits per heavy atom. The van der Waals surface area contributed by atoms with Gasteiger partial charge in [0.25, 0.3) is 11.8 Å². The summed E-state index contributed by atoms with van der Waals surface area (Å²) in [5, 5.41) is 5.57. The maximum atomic E-state index is 13.7. The molecule has 0 radical (unpaired) electrons. The van der Waals surface area contributed by atoms with Crippen LogP contribution in [0.15, 0.2) is 59.6 Å². The first-order valence-corrected chi connectivity index (χ1v) is 12.2. The van der Waals surface area contributed by atoms with Gasteiger partial charge in [0, 0.05) is 66.5 Å². The Hall–Kier alpha value is -3.63. The van der Waals surface area contributed by atoms with Crippen LogP contribution in [0.3, 0.4) is 0 Å². The van der Waals surface area contributed by atoms with E-state index in [4.69, 9.17) is 0 Å². The lowest BCUT2D eigenvalue weighted by atomic mass is 9.98.